The van der Waals surface area contributed by atoms with Crippen LogP contribution in [0.25, 0.3) is 11.6 Å². The fourth-order valence-electron chi connectivity index (χ4n) is 3.46. The number of hydrogen-bond donors (Lipinski definition) is 1. The normalized spacial score (nSPS) is 12.3. The Morgan fingerprint density at radius 3 is 2.53 bits per heavy atom. The van der Waals surface area contributed by atoms with Crippen molar-refractivity contribution in [1.29, 1.82) is 0 Å². The molecule has 7 nitrogen and oxygen atoms in total. The van der Waals surface area contributed by atoms with Crippen LogP contribution in [-0.4, -0.2) is 51.0 Å². The molecule has 8 heteroatoms. The molecule has 1 N–H and O–H groups in total. The topological polar surface area (TPSA) is 76.2 Å². The molecule has 0 spiro atoms. The molecule has 3 rings (SSSR count). The van der Waals surface area contributed by atoms with Crippen molar-refractivity contribution in [2.45, 2.75) is 38.5 Å². The highest BCUT2D eigenvalue weighted by atomic mass is 32.2. The van der Waals surface area contributed by atoms with Gasteiger partial charge in [-0.3, -0.25) is 14.3 Å². The van der Waals surface area contributed by atoms with Crippen molar-refractivity contribution in [2.75, 3.05) is 25.4 Å². The van der Waals surface area contributed by atoms with Gasteiger partial charge in [-0.1, -0.05) is 55.9 Å². The van der Waals surface area contributed by atoms with E-state index in [9.17, 15) is 4.79 Å². The maximum atomic E-state index is 12.6. The molecule has 0 radical (unpaired) electrons. The average molecular weight is 428 g/mol. The number of nitrogens with one attached hydrogen (secondary N) is 1. The number of hydrogen-bond acceptors (Lipinski definition) is 6. The highest BCUT2D eigenvalue weighted by molar-refractivity contribution is 7.99. The quantitative estimate of drug-likeness (QED) is 0.469. The molecule has 2 aromatic heterocycles. The van der Waals surface area contributed by atoms with Gasteiger partial charge in [0.25, 0.3) is 0 Å². The lowest BCUT2D eigenvalue weighted by Crippen LogP contribution is -2.38. The van der Waals surface area contributed by atoms with Gasteiger partial charge in [-0.15, -0.1) is 10.2 Å². The molecule has 0 saturated carbocycles. The molecule has 1 amide bonds. The first kappa shape index (κ1) is 22.1. The molecule has 1 atom stereocenters. The van der Waals surface area contributed by atoms with Crippen LogP contribution in [-0.2, 0) is 11.3 Å². The number of benzene rings is 1. The molecule has 0 fully saturated rings. The molecule has 30 heavy (non-hydrogen) atoms. The Balaban J connectivity index is 1.60. The smallest absolute Gasteiger partial charge is 0.230 e. The third-order valence-corrected chi connectivity index (χ3v) is 6.00. The van der Waals surface area contributed by atoms with Gasteiger partial charge in [0, 0.05) is 13.1 Å². The van der Waals surface area contributed by atoms with E-state index in [1.807, 2.05) is 41.8 Å². The van der Waals surface area contributed by atoms with E-state index in [-0.39, 0.29) is 17.7 Å². The van der Waals surface area contributed by atoms with Gasteiger partial charge >= 0.3 is 0 Å². The SMILES string of the molecule is CCN(CC)C(CNC(=O)CSc1nnc(-c2ccco2)n1CC)c1ccccc1. The molecule has 0 aliphatic heterocycles. The Morgan fingerprint density at radius 1 is 1.13 bits per heavy atom. The lowest BCUT2D eigenvalue weighted by atomic mass is 10.1. The van der Waals surface area contributed by atoms with Gasteiger partial charge in [-0.2, -0.15) is 0 Å². The first-order valence-electron chi connectivity index (χ1n) is 10.3. The summed E-state index contributed by atoms with van der Waals surface area (Å²) in [5.74, 6) is 1.62. The second-order valence-electron chi connectivity index (χ2n) is 6.77. The van der Waals surface area contributed by atoms with Crippen LogP contribution in [0.4, 0.5) is 0 Å². The van der Waals surface area contributed by atoms with Crippen LogP contribution in [0.15, 0.2) is 58.3 Å². The van der Waals surface area contributed by atoms with Crippen LogP contribution in [0.2, 0.25) is 0 Å². The molecule has 0 aliphatic carbocycles. The highest BCUT2D eigenvalue weighted by Crippen LogP contribution is 2.24. The monoisotopic (exact) mass is 427 g/mol. The van der Waals surface area contributed by atoms with Gasteiger partial charge in [0.15, 0.2) is 16.7 Å². The summed E-state index contributed by atoms with van der Waals surface area (Å²) in [6.45, 7) is 9.44. The third-order valence-electron chi connectivity index (χ3n) is 5.04. The van der Waals surface area contributed by atoms with Gasteiger partial charge < -0.3 is 9.73 Å². The Bertz CT molecular complexity index is 907. The van der Waals surface area contributed by atoms with E-state index in [0.29, 0.717) is 29.8 Å². The summed E-state index contributed by atoms with van der Waals surface area (Å²) in [4.78, 5) is 14.9. The van der Waals surface area contributed by atoms with Crippen molar-refractivity contribution in [1.82, 2.24) is 25.0 Å². The highest BCUT2D eigenvalue weighted by Gasteiger charge is 2.20. The van der Waals surface area contributed by atoms with Gasteiger partial charge in [0.2, 0.25) is 5.91 Å². The predicted octanol–water partition coefficient (Wildman–Crippen LogP) is 3.85. The zero-order valence-electron chi connectivity index (χ0n) is 17.7. The molecule has 1 unspecified atom stereocenters. The van der Waals surface area contributed by atoms with Crippen LogP contribution in [0, 0.1) is 0 Å². The first-order chi connectivity index (χ1) is 14.7. The number of aromatic nitrogens is 3. The van der Waals surface area contributed by atoms with E-state index in [4.69, 9.17) is 4.42 Å². The zero-order valence-corrected chi connectivity index (χ0v) is 18.6. The summed E-state index contributed by atoms with van der Waals surface area (Å²) >= 11 is 1.39. The number of amides is 1. The maximum Gasteiger partial charge on any atom is 0.230 e. The van der Waals surface area contributed by atoms with Crippen molar-refractivity contribution in [2.24, 2.45) is 0 Å². The molecule has 0 bridgehead atoms. The minimum absolute atomic E-state index is 0.0155. The predicted molar refractivity (Wildman–Crippen MR) is 119 cm³/mol. The van der Waals surface area contributed by atoms with E-state index in [0.717, 1.165) is 13.1 Å². The fraction of sp³-hybridized carbons (Fsp3) is 0.409. The number of nitrogens with zero attached hydrogens (tertiary/aromatic N) is 4. The Labute approximate surface area is 181 Å². The number of likely N-dealkylation sites (N-methyl/N-ethyl adjacent to an activating group) is 1. The van der Waals surface area contributed by atoms with Crippen LogP contribution in [0.1, 0.15) is 32.4 Å². The largest absolute Gasteiger partial charge is 0.461 e. The number of carbonyl (C=O) groups excluding carboxylic acids is 1. The molecule has 3 aromatic rings. The summed E-state index contributed by atoms with van der Waals surface area (Å²) in [6, 6.07) is 14.2. The maximum absolute atomic E-state index is 12.6. The van der Waals surface area contributed by atoms with E-state index in [1.54, 1.807) is 6.26 Å². The fourth-order valence-corrected chi connectivity index (χ4v) is 4.29. The van der Waals surface area contributed by atoms with Crippen LogP contribution < -0.4 is 5.32 Å². The van der Waals surface area contributed by atoms with Crippen molar-refractivity contribution in [3.63, 3.8) is 0 Å². The molecule has 0 aliphatic rings. The lowest BCUT2D eigenvalue weighted by molar-refractivity contribution is -0.118. The number of furan rings is 1. The Hall–Kier alpha value is -2.58. The number of carbonyl (C=O) groups is 1. The molecule has 2 heterocycles. The summed E-state index contributed by atoms with van der Waals surface area (Å²) in [7, 11) is 0. The molecule has 0 saturated heterocycles. The Kier molecular flexibility index (Phi) is 8.10. The van der Waals surface area contributed by atoms with Crippen LogP contribution in [0.3, 0.4) is 0 Å². The molecular formula is C22H29N5O2S. The van der Waals surface area contributed by atoms with E-state index >= 15 is 0 Å². The number of rotatable bonds is 11. The van der Waals surface area contributed by atoms with Gasteiger partial charge in [-0.05, 0) is 37.7 Å². The molecular weight excluding hydrogens is 398 g/mol. The number of thioether (sulfide) groups is 1. The molecule has 1 aromatic carbocycles. The van der Waals surface area contributed by atoms with Crippen molar-refractivity contribution < 1.29 is 9.21 Å². The summed E-state index contributed by atoms with van der Waals surface area (Å²) in [5, 5.41) is 12.3. The zero-order chi connectivity index (χ0) is 21.3. The van der Waals surface area contributed by atoms with Crippen LogP contribution >= 0.6 is 11.8 Å². The summed E-state index contributed by atoms with van der Waals surface area (Å²) < 4.78 is 7.39. The standard InChI is InChI=1S/C22H29N5O2S/c1-4-26(5-2)18(17-11-8-7-9-12-17)15-23-20(28)16-30-22-25-24-21(27(22)6-3)19-13-10-14-29-19/h7-14,18H,4-6,15-16H2,1-3H3,(H,23,28). The first-order valence-corrected chi connectivity index (χ1v) is 11.3. The summed E-state index contributed by atoms with van der Waals surface area (Å²) in [5.41, 5.74) is 1.21. The third kappa shape index (κ3) is 5.31. The lowest BCUT2D eigenvalue weighted by Gasteiger charge is -2.30. The van der Waals surface area contributed by atoms with Gasteiger partial charge in [0.1, 0.15) is 0 Å². The van der Waals surface area contributed by atoms with E-state index in [1.165, 1.54) is 17.3 Å². The summed E-state index contributed by atoms with van der Waals surface area (Å²) in [6.07, 6.45) is 1.61. The van der Waals surface area contributed by atoms with E-state index < -0.39 is 0 Å². The second kappa shape index (κ2) is 11.0. The molecule has 160 valence electrons. The average Bonchev–Trinajstić information content (AvgIpc) is 3.45. The minimum atomic E-state index is -0.0155. The Morgan fingerprint density at radius 2 is 1.90 bits per heavy atom. The van der Waals surface area contributed by atoms with Crippen molar-refractivity contribution in [3.05, 3.63) is 54.3 Å². The van der Waals surface area contributed by atoms with Gasteiger partial charge in [-0.25, -0.2) is 0 Å². The van der Waals surface area contributed by atoms with Gasteiger partial charge in [0.05, 0.1) is 18.1 Å². The van der Waals surface area contributed by atoms with E-state index in [2.05, 4.69) is 46.4 Å². The minimum Gasteiger partial charge on any atom is -0.461 e. The second-order valence-corrected chi connectivity index (χ2v) is 7.71. The van der Waals surface area contributed by atoms with Crippen molar-refractivity contribution in [3.8, 4) is 11.6 Å². The van der Waals surface area contributed by atoms with Crippen molar-refractivity contribution >= 4 is 17.7 Å². The van der Waals surface area contributed by atoms with Crippen LogP contribution in [0.5, 0.6) is 0 Å².